The Bertz CT molecular complexity index is 1010. The molecule has 0 saturated heterocycles. The van der Waals surface area contributed by atoms with Crippen LogP contribution in [0.25, 0.3) is 0 Å². The van der Waals surface area contributed by atoms with E-state index >= 15 is 0 Å². The van der Waals surface area contributed by atoms with Crippen LogP contribution in [0.15, 0.2) is 65.4 Å². The Morgan fingerprint density at radius 2 is 1.93 bits per heavy atom. The number of carbonyl (C=O) groups excluding carboxylic acids is 1. The molecule has 1 saturated carbocycles. The third-order valence-electron chi connectivity index (χ3n) is 5.86. The molecule has 2 aromatic carbocycles. The van der Waals surface area contributed by atoms with Crippen LogP contribution in [-0.2, 0) is 17.3 Å². The van der Waals surface area contributed by atoms with Gasteiger partial charge in [0.05, 0.1) is 5.41 Å². The maximum atomic E-state index is 13.7. The van der Waals surface area contributed by atoms with Gasteiger partial charge in [-0.1, -0.05) is 64.6 Å². The summed E-state index contributed by atoms with van der Waals surface area (Å²) in [6, 6.07) is 15.4. The normalized spacial score (nSPS) is 16.5. The quantitative estimate of drug-likeness (QED) is 0.529. The maximum Gasteiger partial charge on any atom is 0.231 e. The predicted molar refractivity (Wildman–Crippen MR) is 119 cm³/mol. The van der Waals surface area contributed by atoms with Gasteiger partial charge in [0.15, 0.2) is 0 Å². The highest BCUT2D eigenvalue weighted by Gasteiger charge is 2.43. The van der Waals surface area contributed by atoms with Crippen molar-refractivity contribution in [2.75, 3.05) is 0 Å². The molecule has 29 heavy (non-hydrogen) atoms. The lowest BCUT2D eigenvalue weighted by atomic mass is 9.77. The highest BCUT2D eigenvalue weighted by Crippen LogP contribution is 2.42. The summed E-state index contributed by atoms with van der Waals surface area (Å²) in [6.07, 6.45) is 7.45. The summed E-state index contributed by atoms with van der Waals surface area (Å²) in [4.78, 5) is 18.3. The molecule has 1 N–H and O–H groups in total. The van der Waals surface area contributed by atoms with Gasteiger partial charge in [-0.2, -0.15) is 0 Å². The van der Waals surface area contributed by atoms with Crippen LogP contribution < -0.4 is 5.32 Å². The smallest absolute Gasteiger partial charge is 0.231 e. The average Bonchev–Trinajstić information content (AvgIpc) is 3.37. The number of nitrogens with one attached hydrogen (secondary N) is 1. The van der Waals surface area contributed by atoms with Gasteiger partial charge >= 0.3 is 0 Å². The van der Waals surface area contributed by atoms with E-state index in [2.05, 4.69) is 38.4 Å². The number of aryl methyl sites for hydroxylation is 1. The molecule has 3 aromatic rings. The molecule has 1 atom stereocenters. The molecule has 1 amide bonds. The number of hydrogen-bond donors (Lipinski definition) is 1. The fourth-order valence-electron chi connectivity index (χ4n) is 4.29. The molecule has 1 aliphatic carbocycles. The molecule has 150 valence electrons. The van der Waals surface area contributed by atoms with Crippen molar-refractivity contribution in [3.05, 3.63) is 87.4 Å². The van der Waals surface area contributed by atoms with E-state index in [1.54, 1.807) is 6.20 Å². The van der Waals surface area contributed by atoms with E-state index in [1.807, 2.05) is 54.2 Å². The molecular formula is C23H23BrClN3O. The van der Waals surface area contributed by atoms with Crippen LogP contribution in [0.1, 0.15) is 48.7 Å². The second-order valence-corrected chi connectivity index (χ2v) is 9.01. The lowest BCUT2D eigenvalue weighted by Crippen LogP contribution is -2.44. The first-order chi connectivity index (χ1) is 14.0. The van der Waals surface area contributed by atoms with Crippen LogP contribution in [0, 0.1) is 0 Å². The molecule has 6 heteroatoms. The largest absolute Gasteiger partial charge is 0.341 e. The van der Waals surface area contributed by atoms with E-state index in [4.69, 9.17) is 11.6 Å². The average molecular weight is 473 g/mol. The van der Waals surface area contributed by atoms with Crippen LogP contribution in [0.2, 0.25) is 5.02 Å². The minimum Gasteiger partial charge on any atom is -0.341 e. The molecule has 1 fully saturated rings. The zero-order valence-corrected chi connectivity index (χ0v) is 18.6. The Morgan fingerprint density at radius 3 is 2.55 bits per heavy atom. The van der Waals surface area contributed by atoms with Crippen LogP contribution in [0.4, 0.5) is 0 Å². The molecular weight excluding hydrogens is 450 g/mol. The van der Waals surface area contributed by atoms with E-state index in [1.165, 1.54) is 0 Å². The van der Waals surface area contributed by atoms with E-state index in [0.717, 1.165) is 47.1 Å². The summed E-state index contributed by atoms with van der Waals surface area (Å²) in [5.74, 6) is 0.846. The van der Waals surface area contributed by atoms with Gasteiger partial charge in [-0.15, -0.1) is 0 Å². The number of amides is 1. The lowest BCUT2D eigenvalue weighted by Gasteiger charge is -2.31. The zero-order chi connectivity index (χ0) is 20.4. The second-order valence-electron chi connectivity index (χ2n) is 7.65. The molecule has 0 spiro atoms. The number of aromatic nitrogens is 2. The Hall–Kier alpha value is -2.11. The number of nitrogens with zero attached hydrogens (tertiary/aromatic N) is 2. The van der Waals surface area contributed by atoms with E-state index < -0.39 is 5.41 Å². The fourth-order valence-corrected chi connectivity index (χ4v) is 4.81. The van der Waals surface area contributed by atoms with Crippen molar-refractivity contribution in [3.8, 4) is 0 Å². The van der Waals surface area contributed by atoms with Crippen molar-refractivity contribution in [2.24, 2.45) is 7.05 Å². The minimum atomic E-state index is -0.514. The van der Waals surface area contributed by atoms with Gasteiger partial charge < -0.3 is 9.88 Å². The van der Waals surface area contributed by atoms with Crippen molar-refractivity contribution in [1.82, 2.24) is 14.9 Å². The molecule has 0 radical (unpaired) electrons. The number of halogens is 2. The summed E-state index contributed by atoms with van der Waals surface area (Å²) in [5, 5.41) is 3.98. The van der Waals surface area contributed by atoms with Crippen LogP contribution in [0.5, 0.6) is 0 Å². The molecule has 4 rings (SSSR count). The first kappa shape index (κ1) is 20.2. The van der Waals surface area contributed by atoms with E-state index in [9.17, 15) is 4.79 Å². The van der Waals surface area contributed by atoms with Crippen molar-refractivity contribution >= 4 is 33.4 Å². The van der Waals surface area contributed by atoms with Gasteiger partial charge in [-0.25, -0.2) is 4.98 Å². The first-order valence-electron chi connectivity index (χ1n) is 9.79. The maximum absolute atomic E-state index is 13.7. The Labute approximate surface area is 184 Å². The molecule has 1 aliphatic rings. The number of carbonyl (C=O) groups is 1. The summed E-state index contributed by atoms with van der Waals surface area (Å²) >= 11 is 9.65. The summed E-state index contributed by atoms with van der Waals surface area (Å²) in [5.41, 5.74) is 1.51. The summed E-state index contributed by atoms with van der Waals surface area (Å²) in [6.45, 7) is 0. The summed E-state index contributed by atoms with van der Waals surface area (Å²) < 4.78 is 2.94. The fraction of sp³-hybridized carbons (Fsp3) is 0.304. The standard InChI is InChI=1S/C23H23BrClN3O/c1-28-14-13-26-21(28)20(16-7-9-19(25)10-8-16)27-22(29)23(11-2-3-12-23)17-5-4-6-18(24)15-17/h4-10,13-15,20H,2-3,11-12H2,1H3,(H,27,29). The zero-order valence-electron chi connectivity index (χ0n) is 16.2. The molecule has 0 bridgehead atoms. The van der Waals surface area contributed by atoms with Crippen molar-refractivity contribution in [1.29, 1.82) is 0 Å². The molecule has 0 aliphatic heterocycles. The minimum absolute atomic E-state index is 0.0519. The van der Waals surface area contributed by atoms with Gasteiger partial charge in [-0.05, 0) is 48.2 Å². The topological polar surface area (TPSA) is 46.9 Å². The number of imidazole rings is 1. The Kier molecular flexibility index (Phi) is 5.79. The molecule has 4 nitrogen and oxygen atoms in total. The highest BCUT2D eigenvalue weighted by atomic mass is 79.9. The number of hydrogen-bond acceptors (Lipinski definition) is 2. The van der Waals surface area contributed by atoms with Gasteiger partial charge in [0.2, 0.25) is 5.91 Å². The van der Waals surface area contributed by atoms with Crippen LogP contribution >= 0.6 is 27.5 Å². The third-order valence-corrected chi connectivity index (χ3v) is 6.61. The van der Waals surface area contributed by atoms with Crippen molar-refractivity contribution in [2.45, 2.75) is 37.1 Å². The number of benzene rings is 2. The highest BCUT2D eigenvalue weighted by molar-refractivity contribution is 9.10. The SMILES string of the molecule is Cn1ccnc1C(NC(=O)C1(c2cccc(Br)c2)CCCC1)c1ccc(Cl)cc1. The molecule has 1 unspecified atom stereocenters. The van der Waals surface area contributed by atoms with E-state index in [0.29, 0.717) is 5.02 Å². The molecule has 1 heterocycles. The third kappa shape index (κ3) is 3.99. The van der Waals surface area contributed by atoms with Gasteiger partial charge in [0, 0.05) is 28.9 Å². The van der Waals surface area contributed by atoms with Gasteiger partial charge in [0.1, 0.15) is 11.9 Å². The van der Waals surface area contributed by atoms with Crippen LogP contribution in [-0.4, -0.2) is 15.5 Å². The monoisotopic (exact) mass is 471 g/mol. The van der Waals surface area contributed by atoms with Crippen molar-refractivity contribution < 1.29 is 4.79 Å². The van der Waals surface area contributed by atoms with Gasteiger partial charge in [-0.3, -0.25) is 4.79 Å². The first-order valence-corrected chi connectivity index (χ1v) is 11.0. The summed E-state index contributed by atoms with van der Waals surface area (Å²) in [7, 11) is 1.94. The second kappa shape index (κ2) is 8.33. The Morgan fingerprint density at radius 1 is 1.21 bits per heavy atom. The van der Waals surface area contributed by atoms with E-state index in [-0.39, 0.29) is 11.9 Å². The predicted octanol–water partition coefficient (Wildman–Crippen LogP) is 5.55. The van der Waals surface area contributed by atoms with Gasteiger partial charge in [0.25, 0.3) is 0 Å². The van der Waals surface area contributed by atoms with Crippen LogP contribution in [0.3, 0.4) is 0 Å². The molecule has 1 aromatic heterocycles. The number of rotatable bonds is 5. The lowest BCUT2D eigenvalue weighted by molar-refractivity contribution is -0.127. The Balaban J connectivity index is 1.72. The van der Waals surface area contributed by atoms with Crippen molar-refractivity contribution in [3.63, 3.8) is 0 Å².